The van der Waals surface area contributed by atoms with E-state index in [2.05, 4.69) is 53.1 Å². The highest BCUT2D eigenvalue weighted by molar-refractivity contribution is 5.74. The first-order valence-electron chi connectivity index (χ1n) is 11.3. The summed E-state index contributed by atoms with van der Waals surface area (Å²) in [6.45, 7) is 0. The fourth-order valence-electron chi connectivity index (χ4n) is 4.04. The third-order valence-electron chi connectivity index (χ3n) is 5.63. The lowest BCUT2D eigenvalue weighted by Gasteiger charge is -2.17. The Balaban J connectivity index is 0.000000617. The standard InChI is InChI=1S/C29H21N2O2.ClHO4/c32-31(33)27-18-16-26(17-19-27)30-28(23-12-6-2-7-13-23)20-25(22-10-4-1-5-11-22)21-29(30)24-14-8-3-9-15-24;2-1(3,4)5/h1-21H;(H,2,3,4,5)/q+1;/p-1. The van der Waals surface area contributed by atoms with Crippen LogP contribution in [0, 0.1) is 20.4 Å². The number of hydrogen-bond acceptors (Lipinski definition) is 6. The largest absolute Gasteiger partial charge is 0.269 e. The summed E-state index contributed by atoms with van der Waals surface area (Å²) in [5.41, 5.74) is 7.29. The Bertz CT molecular complexity index is 1440. The van der Waals surface area contributed by atoms with Gasteiger partial charge >= 0.3 is 0 Å². The van der Waals surface area contributed by atoms with E-state index in [9.17, 15) is 10.1 Å². The monoisotopic (exact) mass is 528 g/mol. The summed E-state index contributed by atoms with van der Waals surface area (Å²) in [5.74, 6) is 0. The molecule has 5 aromatic rings. The van der Waals surface area contributed by atoms with E-state index in [0.29, 0.717) is 0 Å². The van der Waals surface area contributed by atoms with Crippen LogP contribution in [0.4, 0.5) is 5.69 Å². The quantitative estimate of drug-likeness (QED) is 0.194. The van der Waals surface area contributed by atoms with Gasteiger partial charge in [-0.25, -0.2) is 18.6 Å². The molecule has 0 aliphatic rings. The van der Waals surface area contributed by atoms with Crippen molar-refractivity contribution >= 4 is 5.69 Å². The minimum Gasteiger partial charge on any atom is -0.258 e. The van der Waals surface area contributed by atoms with Gasteiger partial charge in [0.05, 0.1) is 4.92 Å². The average molecular weight is 529 g/mol. The van der Waals surface area contributed by atoms with Crippen molar-refractivity contribution in [2.45, 2.75) is 0 Å². The molecule has 190 valence electrons. The van der Waals surface area contributed by atoms with Crippen molar-refractivity contribution in [3.05, 3.63) is 138 Å². The second-order valence-electron chi connectivity index (χ2n) is 8.10. The molecule has 0 amide bonds. The van der Waals surface area contributed by atoms with Crippen LogP contribution >= 0.6 is 0 Å². The van der Waals surface area contributed by atoms with E-state index >= 15 is 0 Å². The predicted octanol–water partition coefficient (Wildman–Crippen LogP) is 2.12. The summed E-state index contributed by atoms with van der Waals surface area (Å²) in [6, 6.07) is 41.8. The highest BCUT2D eigenvalue weighted by Gasteiger charge is 2.25. The molecule has 4 aromatic carbocycles. The Hall–Kier alpha value is -4.44. The molecular formula is C29H21ClN2O6. The van der Waals surface area contributed by atoms with E-state index in [4.69, 9.17) is 18.6 Å². The topological polar surface area (TPSA) is 139 Å². The number of nitro groups is 1. The maximum absolute atomic E-state index is 11.2. The Morgan fingerprint density at radius 1 is 0.526 bits per heavy atom. The highest BCUT2D eigenvalue weighted by Crippen LogP contribution is 2.30. The van der Waals surface area contributed by atoms with Crippen LogP contribution in [0.5, 0.6) is 0 Å². The Morgan fingerprint density at radius 3 is 1.26 bits per heavy atom. The molecule has 0 aliphatic carbocycles. The summed E-state index contributed by atoms with van der Waals surface area (Å²) in [7, 11) is -4.94. The van der Waals surface area contributed by atoms with Crippen molar-refractivity contribution in [2.75, 3.05) is 0 Å². The molecule has 0 saturated heterocycles. The third-order valence-corrected chi connectivity index (χ3v) is 5.63. The van der Waals surface area contributed by atoms with Crippen LogP contribution in [0.25, 0.3) is 39.3 Å². The van der Waals surface area contributed by atoms with Crippen molar-refractivity contribution in [2.24, 2.45) is 0 Å². The molecular weight excluding hydrogens is 508 g/mol. The zero-order valence-corrected chi connectivity index (χ0v) is 20.6. The van der Waals surface area contributed by atoms with Gasteiger partial charge in [-0.1, -0.05) is 66.7 Å². The Labute approximate surface area is 220 Å². The molecule has 9 heteroatoms. The molecule has 0 unspecified atom stereocenters. The normalized spacial score (nSPS) is 10.8. The molecule has 0 bridgehead atoms. The molecule has 0 aliphatic heterocycles. The number of benzene rings is 4. The molecule has 1 heterocycles. The number of hydrogen-bond donors (Lipinski definition) is 0. The summed E-state index contributed by atoms with van der Waals surface area (Å²) >= 11 is 0. The van der Waals surface area contributed by atoms with Gasteiger partial charge in [0.15, 0.2) is 0 Å². The Kier molecular flexibility index (Phi) is 8.22. The number of rotatable bonds is 5. The van der Waals surface area contributed by atoms with Crippen molar-refractivity contribution in [3.63, 3.8) is 0 Å². The fraction of sp³-hybridized carbons (Fsp3) is 0. The van der Waals surface area contributed by atoms with Gasteiger partial charge in [0, 0.05) is 47.5 Å². The van der Waals surface area contributed by atoms with E-state index in [0.717, 1.165) is 39.3 Å². The van der Waals surface area contributed by atoms with Gasteiger partial charge < -0.3 is 0 Å². The van der Waals surface area contributed by atoms with Crippen molar-refractivity contribution in [1.29, 1.82) is 0 Å². The fourth-order valence-corrected chi connectivity index (χ4v) is 4.04. The third kappa shape index (κ3) is 6.86. The minimum atomic E-state index is -4.94. The van der Waals surface area contributed by atoms with Gasteiger partial charge in [-0.3, -0.25) is 10.1 Å². The zero-order valence-electron chi connectivity index (χ0n) is 19.8. The first kappa shape index (κ1) is 26.6. The first-order valence-corrected chi connectivity index (χ1v) is 12.6. The van der Waals surface area contributed by atoms with Gasteiger partial charge in [-0.15, -0.1) is 10.2 Å². The van der Waals surface area contributed by atoms with E-state index in [-0.39, 0.29) is 10.6 Å². The van der Waals surface area contributed by atoms with E-state index in [1.165, 1.54) is 0 Å². The van der Waals surface area contributed by atoms with Gasteiger partial charge in [0.25, 0.3) is 5.69 Å². The van der Waals surface area contributed by atoms with Gasteiger partial charge in [-0.05, 0) is 35.4 Å². The van der Waals surface area contributed by atoms with Crippen molar-refractivity contribution in [3.8, 4) is 39.3 Å². The van der Waals surface area contributed by atoms with Crippen LogP contribution in [0.3, 0.4) is 0 Å². The number of nitrogens with zero attached hydrogens (tertiary/aromatic N) is 2. The number of aromatic nitrogens is 1. The molecule has 0 saturated carbocycles. The maximum atomic E-state index is 11.2. The summed E-state index contributed by atoms with van der Waals surface area (Å²) < 4.78 is 36.1. The molecule has 1 aromatic heterocycles. The van der Waals surface area contributed by atoms with E-state index < -0.39 is 10.2 Å². The lowest BCUT2D eigenvalue weighted by atomic mass is 9.98. The summed E-state index contributed by atoms with van der Waals surface area (Å²) in [6.07, 6.45) is 0. The number of non-ortho nitro benzene ring substituents is 1. The molecule has 5 rings (SSSR count). The molecule has 0 N–H and O–H groups in total. The number of nitro benzene ring substituents is 1. The maximum Gasteiger partial charge on any atom is 0.269 e. The zero-order chi connectivity index (χ0) is 27.1. The summed E-state index contributed by atoms with van der Waals surface area (Å²) in [4.78, 5) is 10.9. The van der Waals surface area contributed by atoms with Crippen LogP contribution < -0.4 is 23.2 Å². The number of halogens is 1. The lowest BCUT2D eigenvalue weighted by Crippen LogP contribution is -2.68. The van der Waals surface area contributed by atoms with Gasteiger partial charge in [0.1, 0.15) is 0 Å². The van der Waals surface area contributed by atoms with Crippen LogP contribution in [-0.2, 0) is 0 Å². The molecule has 8 nitrogen and oxygen atoms in total. The van der Waals surface area contributed by atoms with Gasteiger partial charge in [-0.2, -0.15) is 4.57 Å². The molecule has 0 radical (unpaired) electrons. The average Bonchev–Trinajstić information content (AvgIpc) is 2.93. The van der Waals surface area contributed by atoms with E-state index in [1.807, 2.05) is 54.6 Å². The van der Waals surface area contributed by atoms with Crippen LogP contribution in [-0.4, -0.2) is 4.92 Å². The van der Waals surface area contributed by atoms with Crippen LogP contribution in [0.2, 0.25) is 0 Å². The minimum absolute atomic E-state index is 0.0720. The van der Waals surface area contributed by atoms with Crippen LogP contribution in [0.1, 0.15) is 0 Å². The number of pyridine rings is 1. The summed E-state index contributed by atoms with van der Waals surface area (Å²) in [5, 5.41) is 11.2. The molecule has 0 spiro atoms. The lowest BCUT2D eigenvalue weighted by molar-refractivity contribution is -2.00. The first-order chi connectivity index (χ1) is 18.2. The van der Waals surface area contributed by atoms with E-state index in [1.54, 1.807) is 24.3 Å². The SMILES string of the molecule is O=[N+]([O-])c1ccc(-[n+]2c(-c3ccccc3)cc(-c3ccccc3)cc2-c2ccccc2)cc1.[O-][Cl+3]([O-])([O-])[O-]. The van der Waals surface area contributed by atoms with Crippen molar-refractivity contribution in [1.82, 2.24) is 0 Å². The Morgan fingerprint density at radius 2 is 0.895 bits per heavy atom. The smallest absolute Gasteiger partial charge is 0.258 e. The van der Waals surface area contributed by atoms with Crippen LogP contribution in [0.15, 0.2) is 127 Å². The second-order valence-corrected chi connectivity index (χ2v) is 8.86. The molecule has 0 atom stereocenters. The second kappa shape index (κ2) is 11.7. The molecule has 0 fully saturated rings. The highest BCUT2D eigenvalue weighted by atomic mass is 35.7. The van der Waals surface area contributed by atoms with Crippen molar-refractivity contribution < 1.29 is 38.4 Å². The molecule has 38 heavy (non-hydrogen) atoms. The predicted molar refractivity (Wildman–Crippen MR) is 131 cm³/mol. The van der Waals surface area contributed by atoms with Gasteiger partial charge in [0.2, 0.25) is 17.1 Å².